The molecule has 18 heavy (non-hydrogen) atoms. The van der Waals surface area contributed by atoms with E-state index < -0.39 is 0 Å². The van der Waals surface area contributed by atoms with Crippen molar-refractivity contribution in [1.82, 2.24) is 10.3 Å². The van der Waals surface area contributed by atoms with Crippen molar-refractivity contribution in [3.05, 3.63) is 22.8 Å². The predicted molar refractivity (Wildman–Crippen MR) is 75.2 cm³/mol. The van der Waals surface area contributed by atoms with E-state index in [0.29, 0.717) is 16.4 Å². The number of pyridine rings is 1. The molecule has 2 N–H and O–H groups in total. The minimum atomic E-state index is -0.238. The molecule has 0 aliphatic carbocycles. The van der Waals surface area contributed by atoms with E-state index in [1.165, 1.54) is 6.20 Å². The number of hydrogen-bond donors (Lipinski definition) is 2. The molecule has 0 spiro atoms. The molecule has 0 saturated carbocycles. The van der Waals surface area contributed by atoms with Crippen molar-refractivity contribution in [1.29, 1.82) is 0 Å². The minimum absolute atomic E-state index is 0.169. The molecule has 0 radical (unpaired) electrons. The highest BCUT2D eigenvalue weighted by Crippen LogP contribution is 2.19. The van der Waals surface area contributed by atoms with E-state index in [4.69, 9.17) is 11.6 Å². The van der Waals surface area contributed by atoms with Gasteiger partial charge >= 0.3 is 0 Å². The third-order valence-corrected chi connectivity index (χ3v) is 2.98. The van der Waals surface area contributed by atoms with Crippen LogP contribution in [0.3, 0.4) is 0 Å². The zero-order chi connectivity index (χ0) is 13.8. The molecule has 1 rings (SSSR count). The number of halogens is 1. The average molecular weight is 270 g/mol. The van der Waals surface area contributed by atoms with Crippen LogP contribution in [0.1, 0.15) is 44.0 Å². The lowest BCUT2D eigenvalue weighted by atomic mass is 9.98. The fourth-order valence-electron chi connectivity index (χ4n) is 1.81. The Morgan fingerprint density at radius 3 is 2.72 bits per heavy atom. The van der Waals surface area contributed by atoms with Gasteiger partial charge in [0.1, 0.15) is 5.82 Å². The summed E-state index contributed by atoms with van der Waals surface area (Å²) in [5.41, 5.74) is 0.207. The quantitative estimate of drug-likeness (QED) is 0.864. The van der Waals surface area contributed by atoms with Crippen LogP contribution in [-0.4, -0.2) is 23.5 Å². The molecule has 1 aromatic rings. The first kappa shape index (κ1) is 14.8. The summed E-state index contributed by atoms with van der Waals surface area (Å²) < 4.78 is 0. The van der Waals surface area contributed by atoms with Crippen LogP contribution < -0.4 is 10.6 Å². The Morgan fingerprint density at radius 1 is 1.50 bits per heavy atom. The molecule has 0 unspecified atom stereocenters. The number of hydrogen-bond acceptors (Lipinski definition) is 3. The number of amides is 1. The molecule has 0 atom stereocenters. The normalized spacial score (nSPS) is 11.2. The van der Waals surface area contributed by atoms with Crippen molar-refractivity contribution >= 4 is 23.3 Å². The zero-order valence-corrected chi connectivity index (χ0v) is 12.1. The predicted octanol–water partition coefficient (Wildman–Crippen LogP) is 3.09. The topological polar surface area (TPSA) is 54.0 Å². The summed E-state index contributed by atoms with van der Waals surface area (Å²) >= 11 is 6.00. The minimum Gasteiger partial charge on any atom is -0.373 e. The second-order valence-corrected chi connectivity index (χ2v) is 5.29. The van der Waals surface area contributed by atoms with Crippen molar-refractivity contribution in [3.63, 3.8) is 0 Å². The summed E-state index contributed by atoms with van der Waals surface area (Å²) in [6.45, 7) is 6.09. The second-order valence-electron chi connectivity index (χ2n) is 4.89. The van der Waals surface area contributed by atoms with E-state index in [2.05, 4.69) is 22.5 Å². The largest absolute Gasteiger partial charge is 0.373 e. The molecule has 1 heterocycles. The second kappa shape index (κ2) is 6.05. The van der Waals surface area contributed by atoms with Gasteiger partial charge in [0.2, 0.25) is 0 Å². The van der Waals surface area contributed by atoms with Crippen LogP contribution in [-0.2, 0) is 0 Å². The number of aromatic nitrogens is 1. The average Bonchev–Trinajstić information content (AvgIpc) is 2.28. The van der Waals surface area contributed by atoms with Crippen LogP contribution in [0.4, 0.5) is 5.82 Å². The van der Waals surface area contributed by atoms with Crippen molar-refractivity contribution in [2.24, 2.45) is 0 Å². The van der Waals surface area contributed by atoms with Crippen LogP contribution in [0.25, 0.3) is 0 Å². The van der Waals surface area contributed by atoms with E-state index in [-0.39, 0.29) is 11.4 Å². The molecule has 0 aliphatic rings. The molecule has 1 amide bonds. The van der Waals surface area contributed by atoms with Crippen molar-refractivity contribution < 1.29 is 4.79 Å². The molecule has 0 fully saturated rings. The monoisotopic (exact) mass is 269 g/mol. The Hall–Kier alpha value is -1.29. The lowest BCUT2D eigenvalue weighted by Crippen LogP contribution is -2.43. The summed E-state index contributed by atoms with van der Waals surface area (Å²) in [6.07, 6.45) is 3.41. The number of nitrogens with zero attached hydrogens (tertiary/aromatic N) is 1. The van der Waals surface area contributed by atoms with E-state index in [0.717, 1.165) is 12.8 Å². The Balaban J connectivity index is 2.90. The van der Waals surface area contributed by atoms with Crippen LogP contribution >= 0.6 is 11.6 Å². The maximum Gasteiger partial charge on any atom is 0.253 e. The first-order valence-corrected chi connectivity index (χ1v) is 6.43. The van der Waals surface area contributed by atoms with Gasteiger partial charge in [0.15, 0.2) is 0 Å². The standard InChI is InChI=1S/C13H20ClN3O/c1-5-6-13(2,3)17-12(18)9-7-11(15-4)16-8-10(9)14/h7-8H,5-6H2,1-4H3,(H,15,16)(H,17,18). The van der Waals surface area contributed by atoms with Gasteiger partial charge in [-0.1, -0.05) is 24.9 Å². The Labute approximate surface area is 113 Å². The zero-order valence-electron chi connectivity index (χ0n) is 11.3. The molecule has 0 saturated heterocycles. The molecular weight excluding hydrogens is 250 g/mol. The molecule has 0 aliphatic heterocycles. The van der Waals surface area contributed by atoms with Gasteiger partial charge in [-0.15, -0.1) is 0 Å². The highest BCUT2D eigenvalue weighted by Gasteiger charge is 2.21. The van der Waals surface area contributed by atoms with Crippen molar-refractivity contribution in [3.8, 4) is 0 Å². The number of nitrogens with one attached hydrogen (secondary N) is 2. The number of rotatable bonds is 5. The summed E-state index contributed by atoms with van der Waals surface area (Å²) in [5.74, 6) is 0.454. The van der Waals surface area contributed by atoms with E-state index in [1.54, 1.807) is 13.1 Å². The highest BCUT2D eigenvalue weighted by atomic mass is 35.5. The van der Waals surface area contributed by atoms with E-state index >= 15 is 0 Å². The lowest BCUT2D eigenvalue weighted by Gasteiger charge is -2.26. The van der Waals surface area contributed by atoms with Gasteiger partial charge in [0.25, 0.3) is 5.91 Å². The van der Waals surface area contributed by atoms with Gasteiger partial charge in [-0.3, -0.25) is 4.79 Å². The summed E-state index contributed by atoms with van der Waals surface area (Å²) in [6, 6.07) is 1.65. The van der Waals surface area contributed by atoms with E-state index in [9.17, 15) is 4.79 Å². The number of anilines is 1. The van der Waals surface area contributed by atoms with Gasteiger partial charge in [0.05, 0.1) is 10.6 Å². The Morgan fingerprint density at radius 2 is 2.17 bits per heavy atom. The summed E-state index contributed by atoms with van der Waals surface area (Å²) in [7, 11) is 1.75. The van der Waals surface area contributed by atoms with Crippen molar-refractivity contribution in [2.75, 3.05) is 12.4 Å². The Bertz CT molecular complexity index is 432. The van der Waals surface area contributed by atoms with Gasteiger partial charge < -0.3 is 10.6 Å². The number of carbonyl (C=O) groups excluding carboxylic acids is 1. The van der Waals surface area contributed by atoms with Gasteiger partial charge in [-0.25, -0.2) is 4.98 Å². The highest BCUT2D eigenvalue weighted by molar-refractivity contribution is 6.33. The van der Waals surface area contributed by atoms with Crippen LogP contribution in [0, 0.1) is 0 Å². The van der Waals surface area contributed by atoms with Crippen LogP contribution in [0.5, 0.6) is 0 Å². The van der Waals surface area contributed by atoms with Crippen LogP contribution in [0.15, 0.2) is 12.3 Å². The molecule has 5 heteroatoms. The molecule has 0 bridgehead atoms. The van der Waals surface area contributed by atoms with Crippen LogP contribution in [0.2, 0.25) is 5.02 Å². The smallest absolute Gasteiger partial charge is 0.253 e. The summed E-state index contributed by atoms with van der Waals surface area (Å²) in [5, 5.41) is 6.23. The van der Waals surface area contributed by atoms with E-state index in [1.807, 2.05) is 13.8 Å². The van der Waals surface area contributed by atoms with Gasteiger partial charge in [-0.05, 0) is 26.3 Å². The SMILES string of the molecule is CCCC(C)(C)NC(=O)c1cc(NC)ncc1Cl. The summed E-state index contributed by atoms with van der Waals surface area (Å²) in [4.78, 5) is 16.2. The fourth-order valence-corrected chi connectivity index (χ4v) is 2.00. The third-order valence-electron chi connectivity index (χ3n) is 2.68. The number of carbonyl (C=O) groups is 1. The first-order chi connectivity index (χ1) is 8.39. The van der Waals surface area contributed by atoms with Crippen molar-refractivity contribution in [2.45, 2.75) is 39.2 Å². The molecule has 100 valence electrons. The first-order valence-electron chi connectivity index (χ1n) is 6.05. The molecular formula is C13H20ClN3O. The molecule has 0 aromatic carbocycles. The molecule has 4 nitrogen and oxygen atoms in total. The fraction of sp³-hybridized carbons (Fsp3) is 0.538. The van der Waals surface area contributed by atoms with Gasteiger partial charge in [-0.2, -0.15) is 0 Å². The Kier molecular flexibility index (Phi) is 4.96. The maximum absolute atomic E-state index is 12.2. The van der Waals surface area contributed by atoms with Gasteiger partial charge in [0, 0.05) is 18.8 Å². The third kappa shape index (κ3) is 3.88. The maximum atomic E-state index is 12.2. The molecule has 1 aromatic heterocycles. The lowest BCUT2D eigenvalue weighted by molar-refractivity contribution is 0.0909.